The first kappa shape index (κ1) is 15.2. The Balaban J connectivity index is 2.29. The average Bonchev–Trinajstić information content (AvgIpc) is 2.54. The summed E-state index contributed by atoms with van der Waals surface area (Å²) in [5.74, 6) is 1.32. The zero-order chi connectivity index (χ0) is 15.2. The average molecular weight is 292 g/mol. The quantitative estimate of drug-likeness (QED) is 0.796. The molecule has 1 atom stereocenters. The van der Waals surface area contributed by atoms with Crippen molar-refractivity contribution in [2.24, 2.45) is 0 Å². The molecule has 0 radical (unpaired) electrons. The van der Waals surface area contributed by atoms with Crippen molar-refractivity contribution in [2.45, 2.75) is 25.4 Å². The Kier molecular flexibility index (Phi) is 5.09. The summed E-state index contributed by atoms with van der Waals surface area (Å²) in [7, 11) is 4.50. The van der Waals surface area contributed by atoms with Gasteiger partial charge in [-0.15, -0.1) is 0 Å². The van der Waals surface area contributed by atoms with E-state index < -0.39 is 6.16 Å². The van der Waals surface area contributed by atoms with Gasteiger partial charge in [-0.2, -0.15) is 0 Å². The van der Waals surface area contributed by atoms with Gasteiger partial charge in [-0.25, -0.2) is 4.79 Å². The highest BCUT2D eigenvalue weighted by atomic mass is 16.7. The SMILES string of the molecule is COC(=O)O[C@H]1CCCC=C1c1ccc(OC)c(OC)c1. The fourth-order valence-electron chi connectivity index (χ4n) is 2.45. The summed E-state index contributed by atoms with van der Waals surface area (Å²) in [5.41, 5.74) is 1.94. The third-order valence-electron chi connectivity index (χ3n) is 3.50. The van der Waals surface area contributed by atoms with Gasteiger partial charge in [0.15, 0.2) is 11.5 Å². The maximum atomic E-state index is 11.4. The Morgan fingerprint density at radius 3 is 2.57 bits per heavy atom. The molecule has 0 unspecified atom stereocenters. The molecule has 5 heteroatoms. The molecule has 0 saturated carbocycles. The van der Waals surface area contributed by atoms with Gasteiger partial charge in [0.25, 0.3) is 0 Å². The van der Waals surface area contributed by atoms with Gasteiger partial charge in [0.05, 0.1) is 21.3 Å². The van der Waals surface area contributed by atoms with Crippen LogP contribution in [0.2, 0.25) is 0 Å². The van der Waals surface area contributed by atoms with Crippen LogP contribution in [0.4, 0.5) is 4.79 Å². The molecule has 0 amide bonds. The molecule has 0 bridgehead atoms. The van der Waals surface area contributed by atoms with Gasteiger partial charge in [-0.3, -0.25) is 0 Å². The number of ether oxygens (including phenoxy) is 4. The van der Waals surface area contributed by atoms with E-state index in [-0.39, 0.29) is 6.10 Å². The van der Waals surface area contributed by atoms with E-state index in [1.165, 1.54) is 7.11 Å². The third-order valence-corrected chi connectivity index (χ3v) is 3.50. The van der Waals surface area contributed by atoms with Crippen molar-refractivity contribution < 1.29 is 23.7 Å². The fraction of sp³-hybridized carbons (Fsp3) is 0.438. The number of benzene rings is 1. The minimum absolute atomic E-state index is 0.288. The summed E-state index contributed by atoms with van der Waals surface area (Å²) in [6, 6.07) is 5.68. The Labute approximate surface area is 124 Å². The van der Waals surface area contributed by atoms with Crippen molar-refractivity contribution in [3.8, 4) is 11.5 Å². The van der Waals surface area contributed by atoms with Crippen LogP contribution >= 0.6 is 0 Å². The topological polar surface area (TPSA) is 54.0 Å². The molecule has 0 fully saturated rings. The number of hydrogen-bond acceptors (Lipinski definition) is 5. The van der Waals surface area contributed by atoms with Crippen molar-refractivity contribution >= 4 is 11.7 Å². The molecule has 1 aromatic rings. The fourth-order valence-corrected chi connectivity index (χ4v) is 2.45. The standard InChI is InChI=1S/C16H20O5/c1-18-14-9-8-11(10-15(14)19-2)12-6-4-5-7-13(12)21-16(17)20-3/h6,8-10,13H,4-5,7H2,1-3H3/t13-/m0/s1. The lowest BCUT2D eigenvalue weighted by Gasteiger charge is -2.24. The zero-order valence-corrected chi connectivity index (χ0v) is 12.5. The molecule has 1 aliphatic carbocycles. The van der Waals surface area contributed by atoms with Crippen LogP contribution in [0.3, 0.4) is 0 Å². The maximum Gasteiger partial charge on any atom is 0.508 e. The Bertz CT molecular complexity index is 535. The van der Waals surface area contributed by atoms with Gasteiger partial charge in [0.2, 0.25) is 0 Å². The number of carbonyl (C=O) groups is 1. The van der Waals surface area contributed by atoms with E-state index in [0.29, 0.717) is 11.5 Å². The number of carbonyl (C=O) groups excluding carboxylic acids is 1. The lowest BCUT2D eigenvalue weighted by atomic mass is 9.91. The van der Waals surface area contributed by atoms with E-state index in [9.17, 15) is 4.79 Å². The summed E-state index contributed by atoms with van der Waals surface area (Å²) in [6.07, 6.45) is 3.88. The molecular weight excluding hydrogens is 272 g/mol. The third kappa shape index (κ3) is 3.48. The minimum atomic E-state index is -0.659. The van der Waals surface area contributed by atoms with E-state index in [1.807, 2.05) is 18.2 Å². The Hall–Kier alpha value is -2.17. The molecule has 5 nitrogen and oxygen atoms in total. The highest BCUT2D eigenvalue weighted by molar-refractivity contribution is 5.74. The molecule has 0 spiro atoms. The number of allylic oxidation sites excluding steroid dienone is 1. The molecule has 2 rings (SSSR count). The lowest BCUT2D eigenvalue weighted by Crippen LogP contribution is -2.22. The van der Waals surface area contributed by atoms with E-state index in [0.717, 1.165) is 30.4 Å². The molecule has 1 aromatic carbocycles. The summed E-state index contributed by atoms with van der Waals surface area (Å²) in [5, 5.41) is 0. The summed E-state index contributed by atoms with van der Waals surface area (Å²) in [4.78, 5) is 11.4. The van der Waals surface area contributed by atoms with Crippen LogP contribution < -0.4 is 9.47 Å². The van der Waals surface area contributed by atoms with Crippen molar-refractivity contribution in [3.63, 3.8) is 0 Å². The van der Waals surface area contributed by atoms with Gasteiger partial charge >= 0.3 is 6.16 Å². The monoisotopic (exact) mass is 292 g/mol. The second-order valence-electron chi connectivity index (χ2n) is 4.72. The second-order valence-corrected chi connectivity index (χ2v) is 4.72. The zero-order valence-electron chi connectivity index (χ0n) is 12.5. The number of hydrogen-bond donors (Lipinski definition) is 0. The molecule has 21 heavy (non-hydrogen) atoms. The molecule has 0 aromatic heterocycles. The second kappa shape index (κ2) is 7.02. The van der Waals surface area contributed by atoms with Gasteiger partial charge in [0, 0.05) is 0 Å². The van der Waals surface area contributed by atoms with Crippen molar-refractivity contribution in [1.82, 2.24) is 0 Å². The van der Waals surface area contributed by atoms with Crippen LogP contribution in [-0.4, -0.2) is 33.6 Å². The van der Waals surface area contributed by atoms with Crippen LogP contribution in [0.5, 0.6) is 11.5 Å². The number of rotatable bonds is 4. The van der Waals surface area contributed by atoms with Crippen molar-refractivity contribution in [2.75, 3.05) is 21.3 Å². The molecular formula is C16H20O5. The van der Waals surface area contributed by atoms with E-state index in [2.05, 4.69) is 10.8 Å². The molecule has 0 N–H and O–H groups in total. The first-order chi connectivity index (χ1) is 10.2. The summed E-state index contributed by atoms with van der Waals surface area (Å²) in [6.45, 7) is 0. The molecule has 0 aliphatic heterocycles. The predicted molar refractivity (Wildman–Crippen MR) is 78.7 cm³/mol. The van der Waals surface area contributed by atoms with Gasteiger partial charge in [-0.05, 0) is 42.5 Å². The van der Waals surface area contributed by atoms with Crippen molar-refractivity contribution in [3.05, 3.63) is 29.8 Å². The Morgan fingerprint density at radius 1 is 1.14 bits per heavy atom. The van der Waals surface area contributed by atoms with Gasteiger partial charge in [0.1, 0.15) is 6.10 Å². The highest BCUT2D eigenvalue weighted by Gasteiger charge is 2.24. The largest absolute Gasteiger partial charge is 0.508 e. The van der Waals surface area contributed by atoms with Crippen LogP contribution in [0.15, 0.2) is 24.3 Å². The lowest BCUT2D eigenvalue weighted by molar-refractivity contribution is 0.0514. The molecule has 1 aliphatic rings. The minimum Gasteiger partial charge on any atom is -0.493 e. The highest BCUT2D eigenvalue weighted by Crippen LogP contribution is 2.35. The van der Waals surface area contributed by atoms with E-state index >= 15 is 0 Å². The van der Waals surface area contributed by atoms with Gasteiger partial charge in [-0.1, -0.05) is 12.1 Å². The summed E-state index contributed by atoms with van der Waals surface area (Å²) < 4.78 is 20.5. The Morgan fingerprint density at radius 2 is 1.90 bits per heavy atom. The first-order valence-corrected chi connectivity index (χ1v) is 6.86. The smallest absolute Gasteiger partial charge is 0.493 e. The normalized spacial score (nSPS) is 17.7. The predicted octanol–water partition coefficient (Wildman–Crippen LogP) is 3.42. The van der Waals surface area contributed by atoms with Crippen LogP contribution in [-0.2, 0) is 9.47 Å². The summed E-state index contributed by atoms with van der Waals surface area (Å²) >= 11 is 0. The van der Waals surface area contributed by atoms with E-state index in [1.54, 1.807) is 14.2 Å². The van der Waals surface area contributed by atoms with Gasteiger partial charge < -0.3 is 18.9 Å². The maximum absolute atomic E-state index is 11.4. The van der Waals surface area contributed by atoms with Crippen molar-refractivity contribution in [1.29, 1.82) is 0 Å². The molecule has 114 valence electrons. The van der Waals surface area contributed by atoms with Crippen LogP contribution in [0.25, 0.3) is 5.57 Å². The van der Waals surface area contributed by atoms with Crippen LogP contribution in [0.1, 0.15) is 24.8 Å². The first-order valence-electron chi connectivity index (χ1n) is 6.86. The number of methoxy groups -OCH3 is 3. The molecule has 0 heterocycles. The van der Waals surface area contributed by atoms with E-state index in [4.69, 9.17) is 14.2 Å². The van der Waals surface area contributed by atoms with Crippen LogP contribution in [0, 0.1) is 0 Å². The molecule has 0 saturated heterocycles.